The Morgan fingerprint density at radius 1 is 1.19 bits per heavy atom. The van der Waals surface area contributed by atoms with Gasteiger partial charge >= 0.3 is 6.36 Å². The van der Waals surface area contributed by atoms with Crippen molar-refractivity contribution < 1.29 is 17.9 Å². The molecule has 3 N–H and O–H groups in total. The van der Waals surface area contributed by atoms with Crippen molar-refractivity contribution in [2.24, 2.45) is 5.73 Å². The quantitative estimate of drug-likeness (QED) is 0.584. The number of pyridine rings is 1. The normalized spacial score (nSPS) is 11.9. The number of aromatic nitrogens is 2. The van der Waals surface area contributed by atoms with Gasteiger partial charge in [-0.3, -0.25) is 4.98 Å². The Labute approximate surface area is 153 Å². The number of alkyl halides is 3. The zero-order valence-corrected chi connectivity index (χ0v) is 14.5. The minimum absolute atomic E-state index is 0.261. The van der Waals surface area contributed by atoms with Crippen LogP contribution in [0.25, 0.3) is 22.3 Å². The van der Waals surface area contributed by atoms with E-state index in [1.54, 1.807) is 24.4 Å². The van der Waals surface area contributed by atoms with E-state index >= 15 is 0 Å². The van der Waals surface area contributed by atoms with Crippen molar-refractivity contribution in [3.8, 4) is 17.1 Å². The number of nitrogens with two attached hydrogens (primary N) is 1. The van der Waals surface area contributed by atoms with Crippen LogP contribution in [0.5, 0.6) is 5.75 Å². The summed E-state index contributed by atoms with van der Waals surface area (Å²) >= 11 is 6.26. The SMILES string of the molecule is NCCCCc1c(-c2ncccc2Cl)[nH]c2ccc(OC(F)(F)F)cc12. The van der Waals surface area contributed by atoms with E-state index in [0.29, 0.717) is 40.3 Å². The van der Waals surface area contributed by atoms with Gasteiger partial charge in [-0.15, -0.1) is 13.2 Å². The second kappa shape index (κ2) is 7.55. The Kier molecular flexibility index (Phi) is 5.38. The zero-order chi connectivity index (χ0) is 18.7. The van der Waals surface area contributed by atoms with Crippen molar-refractivity contribution in [3.05, 3.63) is 47.1 Å². The van der Waals surface area contributed by atoms with E-state index in [9.17, 15) is 13.2 Å². The fourth-order valence-electron chi connectivity index (χ4n) is 2.90. The number of ether oxygens (including phenoxy) is 1. The summed E-state index contributed by atoms with van der Waals surface area (Å²) in [7, 11) is 0. The van der Waals surface area contributed by atoms with E-state index in [4.69, 9.17) is 17.3 Å². The Balaban J connectivity index is 2.11. The molecule has 0 atom stereocenters. The number of nitrogens with zero attached hydrogens (tertiary/aromatic N) is 1. The lowest BCUT2D eigenvalue weighted by molar-refractivity contribution is -0.274. The van der Waals surface area contributed by atoms with Gasteiger partial charge in [0.05, 0.1) is 10.7 Å². The third-order valence-electron chi connectivity index (χ3n) is 3.99. The monoisotopic (exact) mass is 383 g/mol. The third kappa shape index (κ3) is 4.11. The van der Waals surface area contributed by atoms with Gasteiger partial charge < -0.3 is 15.5 Å². The van der Waals surface area contributed by atoms with Gasteiger partial charge in [0.1, 0.15) is 11.4 Å². The lowest BCUT2D eigenvalue weighted by Gasteiger charge is -2.09. The molecule has 0 radical (unpaired) electrons. The average molecular weight is 384 g/mol. The molecule has 0 aliphatic heterocycles. The van der Waals surface area contributed by atoms with E-state index < -0.39 is 6.36 Å². The molecule has 26 heavy (non-hydrogen) atoms. The number of aromatic amines is 1. The molecule has 8 heteroatoms. The number of unbranched alkanes of at least 4 members (excludes halogenated alkanes) is 1. The topological polar surface area (TPSA) is 63.9 Å². The third-order valence-corrected chi connectivity index (χ3v) is 4.29. The number of aryl methyl sites for hydroxylation is 1. The molecule has 0 unspecified atom stereocenters. The molecule has 0 spiro atoms. The molecule has 0 fully saturated rings. The summed E-state index contributed by atoms with van der Waals surface area (Å²) in [6.07, 6.45) is -0.883. The lowest BCUT2D eigenvalue weighted by atomic mass is 10.0. The predicted octanol–water partition coefficient (Wildman–Crippen LogP) is 5.06. The summed E-state index contributed by atoms with van der Waals surface area (Å²) in [4.78, 5) is 7.54. The van der Waals surface area contributed by atoms with Crippen LogP contribution in [0.2, 0.25) is 5.02 Å². The number of fused-ring (bicyclic) bond motifs is 1. The van der Waals surface area contributed by atoms with Crippen LogP contribution in [-0.2, 0) is 6.42 Å². The van der Waals surface area contributed by atoms with Crippen LogP contribution in [0.4, 0.5) is 13.2 Å². The molecule has 0 bridgehead atoms. The number of halogens is 4. The van der Waals surface area contributed by atoms with E-state index in [1.165, 1.54) is 12.1 Å². The molecule has 0 saturated carbocycles. The first-order valence-electron chi connectivity index (χ1n) is 8.10. The van der Waals surface area contributed by atoms with Gasteiger partial charge in [0.2, 0.25) is 0 Å². The molecule has 2 aromatic heterocycles. The minimum atomic E-state index is -4.74. The molecule has 3 rings (SSSR count). The van der Waals surface area contributed by atoms with Crippen molar-refractivity contribution >= 4 is 22.5 Å². The highest BCUT2D eigenvalue weighted by molar-refractivity contribution is 6.33. The van der Waals surface area contributed by atoms with Crippen LogP contribution in [0.15, 0.2) is 36.5 Å². The van der Waals surface area contributed by atoms with Crippen molar-refractivity contribution in [1.82, 2.24) is 9.97 Å². The van der Waals surface area contributed by atoms with Crippen molar-refractivity contribution in [2.45, 2.75) is 25.6 Å². The number of benzene rings is 1. The summed E-state index contributed by atoms with van der Waals surface area (Å²) in [6.45, 7) is 0.546. The number of H-pyrrole nitrogens is 1. The molecule has 1 aromatic carbocycles. The number of rotatable bonds is 6. The van der Waals surface area contributed by atoms with Gasteiger partial charge in [0, 0.05) is 17.1 Å². The summed E-state index contributed by atoms with van der Waals surface area (Å²) in [5.41, 5.74) is 8.37. The molecule has 138 valence electrons. The second-order valence-corrected chi connectivity index (χ2v) is 6.22. The Morgan fingerprint density at radius 2 is 2.00 bits per heavy atom. The van der Waals surface area contributed by atoms with Crippen LogP contribution in [-0.4, -0.2) is 22.9 Å². The van der Waals surface area contributed by atoms with E-state index in [-0.39, 0.29) is 5.75 Å². The Morgan fingerprint density at radius 3 is 2.69 bits per heavy atom. The van der Waals surface area contributed by atoms with Crippen LogP contribution in [0.1, 0.15) is 18.4 Å². The molecule has 2 heterocycles. The first-order chi connectivity index (χ1) is 12.4. The van der Waals surface area contributed by atoms with E-state index in [2.05, 4.69) is 14.7 Å². The van der Waals surface area contributed by atoms with Crippen LogP contribution < -0.4 is 10.5 Å². The van der Waals surface area contributed by atoms with Gasteiger partial charge in [0.25, 0.3) is 0 Å². The van der Waals surface area contributed by atoms with Crippen molar-refractivity contribution in [1.29, 1.82) is 0 Å². The summed E-state index contributed by atoms with van der Waals surface area (Å²) in [5, 5.41) is 1.12. The van der Waals surface area contributed by atoms with Gasteiger partial charge in [-0.05, 0) is 61.7 Å². The number of hydrogen-bond acceptors (Lipinski definition) is 3. The lowest BCUT2D eigenvalue weighted by Crippen LogP contribution is -2.16. The first-order valence-corrected chi connectivity index (χ1v) is 8.48. The molecular weight excluding hydrogens is 367 g/mol. The Bertz CT molecular complexity index is 908. The predicted molar refractivity (Wildman–Crippen MR) is 95.2 cm³/mol. The zero-order valence-electron chi connectivity index (χ0n) is 13.7. The highest BCUT2D eigenvalue weighted by atomic mass is 35.5. The van der Waals surface area contributed by atoms with Crippen molar-refractivity contribution in [2.75, 3.05) is 6.54 Å². The summed E-state index contributed by atoms with van der Waals surface area (Å²) < 4.78 is 41.7. The molecular formula is C18H17ClF3N3O. The van der Waals surface area contributed by atoms with Gasteiger partial charge in [-0.25, -0.2) is 0 Å². The Hall–Kier alpha value is -2.25. The average Bonchev–Trinajstić information content (AvgIpc) is 2.92. The minimum Gasteiger partial charge on any atom is -0.406 e. The smallest absolute Gasteiger partial charge is 0.406 e. The van der Waals surface area contributed by atoms with Crippen molar-refractivity contribution in [3.63, 3.8) is 0 Å². The molecule has 4 nitrogen and oxygen atoms in total. The van der Waals surface area contributed by atoms with Gasteiger partial charge in [0.15, 0.2) is 0 Å². The highest BCUT2D eigenvalue weighted by Gasteiger charge is 2.31. The first kappa shape index (κ1) is 18.5. The maximum Gasteiger partial charge on any atom is 0.573 e. The van der Waals surface area contributed by atoms with Crippen LogP contribution >= 0.6 is 11.6 Å². The molecule has 0 aliphatic rings. The molecule has 0 amide bonds. The standard InChI is InChI=1S/C18H17ClF3N3O/c19-14-5-3-9-24-17(14)16-12(4-1-2-8-23)13-10-11(26-18(20,21)22)6-7-15(13)25-16/h3,5-7,9-10,25H,1-2,4,8,23H2. The summed E-state index contributed by atoms with van der Waals surface area (Å²) in [6, 6.07) is 7.66. The number of hydrogen-bond donors (Lipinski definition) is 2. The fourth-order valence-corrected chi connectivity index (χ4v) is 3.12. The van der Waals surface area contributed by atoms with Gasteiger partial charge in [-0.1, -0.05) is 11.6 Å². The maximum absolute atomic E-state index is 12.5. The number of nitrogens with one attached hydrogen (secondary N) is 1. The second-order valence-electron chi connectivity index (χ2n) is 5.81. The largest absolute Gasteiger partial charge is 0.573 e. The highest BCUT2D eigenvalue weighted by Crippen LogP contribution is 2.36. The van der Waals surface area contributed by atoms with Crippen LogP contribution in [0.3, 0.4) is 0 Å². The molecule has 0 saturated heterocycles. The van der Waals surface area contributed by atoms with E-state index in [1.807, 2.05) is 0 Å². The fraction of sp³-hybridized carbons (Fsp3) is 0.278. The van der Waals surface area contributed by atoms with E-state index in [0.717, 1.165) is 18.4 Å². The molecule has 3 aromatic rings. The molecule has 0 aliphatic carbocycles. The van der Waals surface area contributed by atoms with Gasteiger partial charge in [-0.2, -0.15) is 0 Å². The summed E-state index contributed by atoms with van der Waals surface area (Å²) in [5.74, 6) is -0.261. The maximum atomic E-state index is 12.5. The van der Waals surface area contributed by atoms with Crippen LogP contribution in [0, 0.1) is 0 Å².